The number of aromatic hydroxyl groups is 1. The molecule has 1 saturated carbocycles. The Morgan fingerprint density at radius 1 is 1.05 bits per heavy atom. The summed E-state index contributed by atoms with van der Waals surface area (Å²) in [6.07, 6.45) is 3.89. The fourth-order valence-electron chi connectivity index (χ4n) is 4.01. The summed E-state index contributed by atoms with van der Waals surface area (Å²) in [5.41, 5.74) is 3.88. The highest BCUT2D eigenvalue weighted by Gasteiger charge is 2.41. The number of phenolic OH excluding ortho intramolecular Hbond substituents is 1. The zero-order valence-electron chi connectivity index (χ0n) is 12.3. The van der Waals surface area contributed by atoms with Crippen LogP contribution in [0, 0.1) is 12.8 Å². The van der Waals surface area contributed by atoms with E-state index < -0.39 is 0 Å². The van der Waals surface area contributed by atoms with Crippen LogP contribution in [-0.2, 0) is 0 Å². The van der Waals surface area contributed by atoms with Gasteiger partial charge in [-0.1, -0.05) is 36.2 Å². The third kappa shape index (κ3) is 2.10. The Bertz CT molecular complexity index is 660. The standard InChI is InChI=1S/C19H20O2/c1-12-5-10-18-17(11-12)15-3-2-4-16(15)19(21-18)13-6-8-14(20)9-7-13/h5-11,15-16,19-20H,2-4H2,1H3/t15-,16+,19+/m0/s1. The zero-order chi connectivity index (χ0) is 14.4. The molecule has 1 aliphatic heterocycles. The molecule has 1 fully saturated rings. The van der Waals surface area contributed by atoms with Gasteiger partial charge >= 0.3 is 0 Å². The van der Waals surface area contributed by atoms with E-state index >= 15 is 0 Å². The first-order valence-electron chi connectivity index (χ1n) is 7.78. The quantitative estimate of drug-likeness (QED) is 0.819. The monoisotopic (exact) mass is 280 g/mol. The van der Waals surface area contributed by atoms with E-state index in [0.29, 0.717) is 17.6 Å². The lowest BCUT2D eigenvalue weighted by atomic mass is 9.79. The van der Waals surface area contributed by atoms with E-state index in [4.69, 9.17) is 4.74 Å². The molecule has 1 heterocycles. The van der Waals surface area contributed by atoms with Crippen molar-refractivity contribution in [3.63, 3.8) is 0 Å². The molecule has 21 heavy (non-hydrogen) atoms. The summed E-state index contributed by atoms with van der Waals surface area (Å²) in [5.74, 6) is 2.53. The Kier molecular flexibility index (Phi) is 2.91. The van der Waals surface area contributed by atoms with Gasteiger partial charge in [0.05, 0.1) is 0 Å². The number of benzene rings is 2. The first-order valence-corrected chi connectivity index (χ1v) is 7.78. The van der Waals surface area contributed by atoms with Crippen molar-refractivity contribution in [3.8, 4) is 11.5 Å². The van der Waals surface area contributed by atoms with Gasteiger partial charge in [-0.3, -0.25) is 0 Å². The van der Waals surface area contributed by atoms with Crippen LogP contribution in [0.3, 0.4) is 0 Å². The second-order valence-electron chi connectivity index (χ2n) is 6.37. The molecule has 2 heteroatoms. The predicted molar refractivity (Wildman–Crippen MR) is 82.7 cm³/mol. The third-order valence-corrected chi connectivity index (χ3v) is 5.00. The molecule has 0 aromatic heterocycles. The maximum atomic E-state index is 9.49. The maximum Gasteiger partial charge on any atom is 0.127 e. The van der Waals surface area contributed by atoms with Crippen LogP contribution in [0.2, 0.25) is 0 Å². The highest BCUT2D eigenvalue weighted by atomic mass is 16.5. The molecular formula is C19H20O2. The van der Waals surface area contributed by atoms with Crippen molar-refractivity contribution in [3.05, 3.63) is 59.2 Å². The lowest BCUT2D eigenvalue weighted by molar-refractivity contribution is 0.104. The van der Waals surface area contributed by atoms with Crippen LogP contribution in [0.25, 0.3) is 0 Å². The van der Waals surface area contributed by atoms with Gasteiger partial charge in [0.25, 0.3) is 0 Å². The van der Waals surface area contributed by atoms with Gasteiger partial charge in [-0.25, -0.2) is 0 Å². The molecule has 1 aliphatic carbocycles. The van der Waals surface area contributed by atoms with Crippen LogP contribution in [0.1, 0.15) is 48.0 Å². The number of phenols is 1. The molecule has 2 aliphatic rings. The topological polar surface area (TPSA) is 29.5 Å². The van der Waals surface area contributed by atoms with Crippen molar-refractivity contribution in [2.45, 2.75) is 38.2 Å². The average Bonchev–Trinajstić information content (AvgIpc) is 2.97. The first kappa shape index (κ1) is 12.8. The number of rotatable bonds is 1. The minimum Gasteiger partial charge on any atom is -0.508 e. The Hall–Kier alpha value is -1.96. The van der Waals surface area contributed by atoms with E-state index in [1.807, 2.05) is 12.1 Å². The Labute approximate surface area is 125 Å². The van der Waals surface area contributed by atoms with Gasteiger partial charge in [0.2, 0.25) is 0 Å². The minimum atomic E-state index is 0.119. The fourth-order valence-corrected chi connectivity index (χ4v) is 4.01. The summed E-state index contributed by atoms with van der Waals surface area (Å²) < 4.78 is 6.35. The molecule has 0 radical (unpaired) electrons. The summed E-state index contributed by atoms with van der Waals surface area (Å²) >= 11 is 0. The van der Waals surface area contributed by atoms with E-state index in [2.05, 4.69) is 25.1 Å². The SMILES string of the molecule is Cc1ccc2c(c1)[C@H]1CCC[C@H]1[C@@H](c1ccc(O)cc1)O2. The van der Waals surface area contributed by atoms with E-state index in [9.17, 15) is 5.11 Å². The van der Waals surface area contributed by atoms with Crippen molar-refractivity contribution in [2.24, 2.45) is 5.92 Å². The highest BCUT2D eigenvalue weighted by molar-refractivity contribution is 5.44. The van der Waals surface area contributed by atoms with E-state index in [-0.39, 0.29) is 6.10 Å². The van der Waals surface area contributed by atoms with E-state index in [1.165, 1.54) is 36.0 Å². The lowest BCUT2D eigenvalue weighted by Gasteiger charge is -2.36. The summed E-state index contributed by atoms with van der Waals surface area (Å²) in [5, 5.41) is 9.49. The summed E-state index contributed by atoms with van der Waals surface area (Å²) in [6.45, 7) is 2.15. The molecule has 0 spiro atoms. The van der Waals surface area contributed by atoms with Gasteiger partial charge in [0.15, 0.2) is 0 Å². The molecule has 2 aromatic rings. The average molecular weight is 280 g/mol. The molecule has 2 nitrogen and oxygen atoms in total. The summed E-state index contributed by atoms with van der Waals surface area (Å²) in [7, 11) is 0. The smallest absolute Gasteiger partial charge is 0.127 e. The molecule has 0 saturated heterocycles. The lowest BCUT2D eigenvalue weighted by Crippen LogP contribution is -2.26. The highest BCUT2D eigenvalue weighted by Crippen LogP contribution is 2.53. The van der Waals surface area contributed by atoms with Crippen molar-refractivity contribution in [1.29, 1.82) is 0 Å². The molecule has 2 aromatic carbocycles. The van der Waals surface area contributed by atoms with E-state index in [1.54, 1.807) is 12.1 Å². The number of ether oxygens (including phenoxy) is 1. The van der Waals surface area contributed by atoms with Crippen LogP contribution in [0.4, 0.5) is 0 Å². The molecule has 1 N–H and O–H groups in total. The van der Waals surface area contributed by atoms with Crippen molar-refractivity contribution < 1.29 is 9.84 Å². The van der Waals surface area contributed by atoms with Gasteiger partial charge < -0.3 is 9.84 Å². The molecule has 108 valence electrons. The van der Waals surface area contributed by atoms with Crippen LogP contribution in [0.5, 0.6) is 11.5 Å². The zero-order valence-corrected chi connectivity index (χ0v) is 12.3. The number of aryl methyl sites for hydroxylation is 1. The molecule has 4 rings (SSSR count). The molecule has 0 amide bonds. The third-order valence-electron chi connectivity index (χ3n) is 5.00. The molecule has 0 bridgehead atoms. The van der Waals surface area contributed by atoms with Crippen LogP contribution >= 0.6 is 0 Å². The number of hydrogen-bond acceptors (Lipinski definition) is 2. The largest absolute Gasteiger partial charge is 0.508 e. The van der Waals surface area contributed by atoms with Crippen LogP contribution < -0.4 is 4.74 Å². The van der Waals surface area contributed by atoms with E-state index in [0.717, 1.165) is 5.75 Å². The van der Waals surface area contributed by atoms with Gasteiger partial charge in [-0.15, -0.1) is 0 Å². The minimum absolute atomic E-state index is 0.119. The van der Waals surface area contributed by atoms with Crippen molar-refractivity contribution in [1.82, 2.24) is 0 Å². The number of fused-ring (bicyclic) bond motifs is 3. The van der Waals surface area contributed by atoms with Crippen molar-refractivity contribution >= 4 is 0 Å². The summed E-state index contributed by atoms with van der Waals surface area (Å²) in [6, 6.07) is 14.0. The first-order chi connectivity index (χ1) is 10.2. The normalized spacial score (nSPS) is 26.8. The Balaban J connectivity index is 1.77. The molecular weight excluding hydrogens is 260 g/mol. The Morgan fingerprint density at radius 3 is 2.67 bits per heavy atom. The molecule has 3 atom stereocenters. The van der Waals surface area contributed by atoms with Gasteiger partial charge in [-0.05, 0) is 55.0 Å². The van der Waals surface area contributed by atoms with Crippen LogP contribution in [-0.4, -0.2) is 5.11 Å². The second-order valence-corrected chi connectivity index (χ2v) is 6.37. The fraction of sp³-hybridized carbons (Fsp3) is 0.368. The van der Waals surface area contributed by atoms with Gasteiger partial charge in [0, 0.05) is 5.92 Å². The molecule has 0 unspecified atom stereocenters. The second kappa shape index (κ2) is 4.80. The van der Waals surface area contributed by atoms with Crippen molar-refractivity contribution in [2.75, 3.05) is 0 Å². The maximum absolute atomic E-state index is 9.49. The van der Waals surface area contributed by atoms with Gasteiger partial charge in [-0.2, -0.15) is 0 Å². The van der Waals surface area contributed by atoms with Crippen LogP contribution in [0.15, 0.2) is 42.5 Å². The van der Waals surface area contributed by atoms with Gasteiger partial charge in [0.1, 0.15) is 17.6 Å². The Morgan fingerprint density at radius 2 is 1.86 bits per heavy atom. The predicted octanol–water partition coefficient (Wildman–Crippen LogP) is 4.72. The number of hydrogen-bond donors (Lipinski definition) is 1. The summed E-state index contributed by atoms with van der Waals surface area (Å²) in [4.78, 5) is 0.